The monoisotopic (exact) mass is 140 g/mol. The maximum Gasteiger partial charge on any atom is 0.0573 e. The highest BCUT2D eigenvalue weighted by Gasteiger charge is 2.44. The van der Waals surface area contributed by atoms with Crippen LogP contribution in [0, 0.1) is 17.8 Å². The minimum atomic E-state index is 0.0590. The largest absolute Gasteiger partial charge is 0.393 e. The molecule has 1 nitrogen and oxygen atoms in total. The van der Waals surface area contributed by atoms with Crippen molar-refractivity contribution in [3.8, 4) is 0 Å². The Morgan fingerprint density at radius 2 is 2.10 bits per heavy atom. The van der Waals surface area contributed by atoms with Gasteiger partial charge < -0.3 is 5.11 Å². The summed E-state index contributed by atoms with van der Waals surface area (Å²) in [4.78, 5) is 0. The molecule has 0 unspecified atom stereocenters. The molecule has 10 heavy (non-hydrogen) atoms. The zero-order valence-corrected chi connectivity index (χ0v) is 6.59. The smallest absolute Gasteiger partial charge is 0.0573 e. The van der Waals surface area contributed by atoms with Crippen molar-refractivity contribution in [2.24, 2.45) is 17.8 Å². The van der Waals surface area contributed by atoms with Gasteiger partial charge in [-0.2, -0.15) is 0 Å². The summed E-state index contributed by atoms with van der Waals surface area (Å²) in [7, 11) is 0. The Labute approximate surface area is 62.4 Å². The summed E-state index contributed by atoms with van der Waals surface area (Å²) in [6.45, 7) is 2.25. The molecule has 0 spiro atoms. The van der Waals surface area contributed by atoms with Crippen molar-refractivity contribution in [3.05, 3.63) is 0 Å². The van der Waals surface area contributed by atoms with Crippen molar-refractivity contribution in [1.29, 1.82) is 0 Å². The van der Waals surface area contributed by atoms with E-state index in [0.29, 0.717) is 5.92 Å². The number of fused-ring (bicyclic) bond motifs is 2. The highest BCUT2D eigenvalue weighted by Crippen LogP contribution is 2.49. The molecule has 0 aromatic rings. The van der Waals surface area contributed by atoms with Gasteiger partial charge in [-0.05, 0) is 37.0 Å². The van der Waals surface area contributed by atoms with Crippen molar-refractivity contribution in [3.63, 3.8) is 0 Å². The first kappa shape index (κ1) is 6.66. The van der Waals surface area contributed by atoms with Crippen LogP contribution in [0.15, 0.2) is 0 Å². The predicted octanol–water partition coefficient (Wildman–Crippen LogP) is 1.80. The molecule has 0 aromatic heterocycles. The molecular formula is C9H16O. The van der Waals surface area contributed by atoms with Crippen molar-refractivity contribution in [1.82, 2.24) is 0 Å². The van der Waals surface area contributed by atoms with Gasteiger partial charge in [-0.3, -0.25) is 0 Å². The van der Waals surface area contributed by atoms with E-state index in [2.05, 4.69) is 6.92 Å². The lowest BCUT2D eigenvalue weighted by Crippen LogP contribution is -2.23. The van der Waals surface area contributed by atoms with E-state index in [9.17, 15) is 5.11 Å². The molecule has 2 rings (SSSR count). The third-order valence-corrected chi connectivity index (χ3v) is 3.44. The Bertz CT molecular complexity index is 131. The molecule has 1 N–H and O–H groups in total. The van der Waals surface area contributed by atoms with Crippen LogP contribution in [0.3, 0.4) is 0 Å². The number of hydrogen-bond acceptors (Lipinski definition) is 1. The Balaban J connectivity index is 2.06. The van der Waals surface area contributed by atoms with Gasteiger partial charge in [0.15, 0.2) is 0 Å². The molecule has 1 heteroatoms. The SMILES string of the molecule is CC[C@H]1C[C@H]2C[C@@H]1[C@H](O)C2. The molecule has 2 aliphatic rings. The summed E-state index contributed by atoms with van der Waals surface area (Å²) in [6, 6.07) is 0. The summed E-state index contributed by atoms with van der Waals surface area (Å²) < 4.78 is 0. The molecular weight excluding hydrogens is 124 g/mol. The third kappa shape index (κ3) is 0.800. The molecule has 4 atom stereocenters. The molecule has 0 amide bonds. The fourth-order valence-electron chi connectivity index (χ4n) is 2.93. The highest BCUT2D eigenvalue weighted by atomic mass is 16.3. The molecule has 0 heterocycles. The van der Waals surface area contributed by atoms with Crippen LogP contribution in [0.1, 0.15) is 32.6 Å². The van der Waals surface area contributed by atoms with Gasteiger partial charge >= 0.3 is 0 Å². The summed E-state index contributed by atoms with van der Waals surface area (Å²) in [5.41, 5.74) is 0. The second-order valence-electron chi connectivity index (χ2n) is 3.97. The van der Waals surface area contributed by atoms with E-state index in [1.165, 1.54) is 19.3 Å². The van der Waals surface area contributed by atoms with Gasteiger partial charge in [-0.1, -0.05) is 13.3 Å². The van der Waals surface area contributed by atoms with Gasteiger partial charge in [-0.25, -0.2) is 0 Å². The Morgan fingerprint density at radius 1 is 1.30 bits per heavy atom. The molecule has 58 valence electrons. The number of rotatable bonds is 1. The van der Waals surface area contributed by atoms with Crippen LogP contribution in [0.2, 0.25) is 0 Å². The van der Waals surface area contributed by atoms with Crippen LogP contribution in [-0.2, 0) is 0 Å². The van der Waals surface area contributed by atoms with E-state index in [1.54, 1.807) is 0 Å². The summed E-state index contributed by atoms with van der Waals surface area (Å²) in [5.74, 6) is 2.41. The van der Waals surface area contributed by atoms with Crippen molar-refractivity contribution in [2.45, 2.75) is 38.7 Å². The van der Waals surface area contributed by atoms with E-state index in [-0.39, 0.29) is 6.10 Å². The molecule has 2 fully saturated rings. The molecule has 0 radical (unpaired) electrons. The lowest BCUT2D eigenvalue weighted by atomic mass is 9.85. The highest BCUT2D eigenvalue weighted by molar-refractivity contribution is 4.94. The Morgan fingerprint density at radius 3 is 2.50 bits per heavy atom. The van der Waals surface area contributed by atoms with Gasteiger partial charge in [0.1, 0.15) is 0 Å². The number of aliphatic hydroxyl groups is 1. The van der Waals surface area contributed by atoms with E-state index in [0.717, 1.165) is 18.3 Å². The van der Waals surface area contributed by atoms with Crippen LogP contribution >= 0.6 is 0 Å². The first-order chi connectivity index (χ1) is 4.81. The molecule has 0 aliphatic heterocycles. The van der Waals surface area contributed by atoms with Crippen LogP contribution in [0.5, 0.6) is 0 Å². The molecule has 2 saturated carbocycles. The third-order valence-electron chi connectivity index (χ3n) is 3.44. The maximum absolute atomic E-state index is 9.52. The maximum atomic E-state index is 9.52. The quantitative estimate of drug-likeness (QED) is 0.589. The summed E-state index contributed by atoms with van der Waals surface area (Å²) in [6.07, 6.45) is 5.15. The van der Waals surface area contributed by atoms with Gasteiger partial charge in [0.05, 0.1) is 6.10 Å². The lowest BCUT2D eigenvalue weighted by Gasteiger charge is -2.24. The molecule has 2 aliphatic carbocycles. The van der Waals surface area contributed by atoms with Crippen LogP contribution in [0.25, 0.3) is 0 Å². The zero-order chi connectivity index (χ0) is 7.14. The average molecular weight is 140 g/mol. The summed E-state index contributed by atoms with van der Waals surface area (Å²) >= 11 is 0. The second-order valence-corrected chi connectivity index (χ2v) is 3.97. The van der Waals surface area contributed by atoms with E-state index in [1.807, 2.05) is 0 Å². The number of aliphatic hydroxyl groups excluding tert-OH is 1. The Hall–Kier alpha value is -0.0400. The molecule has 0 saturated heterocycles. The predicted molar refractivity (Wildman–Crippen MR) is 40.6 cm³/mol. The van der Waals surface area contributed by atoms with Crippen molar-refractivity contribution < 1.29 is 5.11 Å². The van der Waals surface area contributed by atoms with E-state index in [4.69, 9.17) is 0 Å². The van der Waals surface area contributed by atoms with Gasteiger partial charge in [0.25, 0.3) is 0 Å². The fourth-order valence-corrected chi connectivity index (χ4v) is 2.93. The molecule has 0 aromatic carbocycles. The van der Waals surface area contributed by atoms with Gasteiger partial charge in [-0.15, -0.1) is 0 Å². The lowest BCUT2D eigenvalue weighted by molar-refractivity contribution is 0.0796. The van der Waals surface area contributed by atoms with Crippen molar-refractivity contribution >= 4 is 0 Å². The van der Waals surface area contributed by atoms with Crippen LogP contribution in [-0.4, -0.2) is 11.2 Å². The fraction of sp³-hybridized carbons (Fsp3) is 1.00. The second kappa shape index (κ2) is 2.23. The van der Waals surface area contributed by atoms with Crippen LogP contribution in [0.4, 0.5) is 0 Å². The Kier molecular flexibility index (Phi) is 1.48. The normalized spacial score (nSPS) is 52.2. The topological polar surface area (TPSA) is 20.2 Å². The van der Waals surface area contributed by atoms with Crippen molar-refractivity contribution in [2.75, 3.05) is 0 Å². The minimum absolute atomic E-state index is 0.0590. The minimum Gasteiger partial charge on any atom is -0.393 e. The van der Waals surface area contributed by atoms with E-state index < -0.39 is 0 Å². The number of hydrogen-bond donors (Lipinski definition) is 1. The average Bonchev–Trinajstić information content (AvgIpc) is 2.44. The zero-order valence-electron chi connectivity index (χ0n) is 6.59. The van der Waals surface area contributed by atoms with Crippen LogP contribution < -0.4 is 0 Å². The summed E-state index contributed by atoms with van der Waals surface area (Å²) in [5, 5.41) is 9.52. The first-order valence-electron chi connectivity index (χ1n) is 4.49. The van der Waals surface area contributed by atoms with Gasteiger partial charge in [0, 0.05) is 0 Å². The van der Waals surface area contributed by atoms with E-state index >= 15 is 0 Å². The molecule has 2 bridgehead atoms. The standard InChI is InChI=1S/C9H16O/c1-2-7-3-6-4-8(7)9(10)5-6/h6-10H,2-5H2,1H3/t6-,7-,8-,9+/m0/s1. The first-order valence-corrected chi connectivity index (χ1v) is 4.49. The van der Waals surface area contributed by atoms with Gasteiger partial charge in [0.2, 0.25) is 0 Å².